The topological polar surface area (TPSA) is 123 Å². The third-order valence-electron chi connectivity index (χ3n) is 2.24. The van der Waals surface area contributed by atoms with Crippen molar-refractivity contribution >= 4 is 21.7 Å². The van der Waals surface area contributed by atoms with E-state index >= 15 is 0 Å². The Bertz CT molecular complexity index is 590. The summed E-state index contributed by atoms with van der Waals surface area (Å²) in [4.78, 5) is 22.2. The van der Waals surface area contributed by atoms with Crippen LogP contribution >= 0.6 is 0 Å². The van der Waals surface area contributed by atoms with Gasteiger partial charge in [-0.25, -0.2) is 13.2 Å². The first-order valence-electron chi connectivity index (χ1n) is 5.60. The predicted octanol–water partition coefficient (Wildman–Crippen LogP) is -0.0974. The maximum atomic E-state index is 11.8. The summed E-state index contributed by atoms with van der Waals surface area (Å²) < 4.78 is 33.2. The molecule has 1 aromatic rings. The first-order valence-corrected chi connectivity index (χ1v) is 7.25. The molecule has 0 aliphatic carbocycles. The van der Waals surface area contributed by atoms with E-state index in [2.05, 4.69) is 9.73 Å². The van der Waals surface area contributed by atoms with E-state index in [1.54, 1.807) is 6.92 Å². The minimum Gasteiger partial charge on any atom is -0.475 e. The zero-order valence-electron chi connectivity index (χ0n) is 11.0. The van der Waals surface area contributed by atoms with Gasteiger partial charge in [0.05, 0.1) is 6.61 Å². The number of amides is 1. The van der Waals surface area contributed by atoms with Gasteiger partial charge in [0, 0.05) is 13.2 Å². The number of furan rings is 1. The summed E-state index contributed by atoms with van der Waals surface area (Å²) in [6, 6.07) is 1.68. The monoisotopic (exact) mass is 305 g/mol. The summed E-state index contributed by atoms with van der Waals surface area (Å²) in [6.45, 7) is 1.90. The summed E-state index contributed by atoms with van der Waals surface area (Å²) in [5.41, 5.74) is 0. The molecule has 2 N–H and O–H groups in total. The van der Waals surface area contributed by atoms with Gasteiger partial charge in [0.25, 0.3) is 0 Å². The van der Waals surface area contributed by atoms with E-state index in [9.17, 15) is 18.0 Å². The van der Waals surface area contributed by atoms with Gasteiger partial charge < -0.3 is 19.6 Å². The van der Waals surface area contributed by atoms with E-state index in [0.29, 0.717) is 0 Å². The highest BCUT2D eigenvalue weighted by molar-refractivity contribution is 7.92. The van der Waals surface area contributed by atoms with Gasteiger partial charge in [-0.1, -0.05) is 0 Å². The lowest BCUT2D eigenvalue weighted by Gasteiger charge is -2.12. The number of rotatable bonds is 7. The molecule has 0 spiro atoms. The second-order valence-electron chi connectivity index (χ2n) is 4.11. The number of methoxy groups -OCH3 is 1. The molecule has 0 fully saturated rings. The zero-order valence-corrected chi connectivity index (χ0v) is 11.8. The van der Waals surface area contributed by atoms with Crippen LogP contribution in [0.2, 0.25) is 0 Å². The predicted molar refractivity (Wildman–Crippen MR) is 67.2 cm³/mol. The van der Waals surface area contributed by atoms with E-state index < -0.39 is 38.3 Å². The molecule has 1 rings (SSSR count). The Kier molecular flexibility index (Phi) is 5.28. The van der Waals surface area contributed by atoms with E-state index in [1.165, 1.54) is 7.11 Å². The Hall–Kier alpha value is -1.87. The Morgan fingerprint density at radius 1 is 1.45 bits per heavy atom. The van der Waals surface area contributed by atoms with Gasteiger partial charge in [0.2, 0.25) is 26.6 Å². The highest BCUT2D eigenvalue weighted by Gasteiger charge is 2.25. The van der Waals surface area contributed by atoms with Crippen LogP contribution in [-0.2, 0) is 19.4 Å². The van der Waals surface area contributed by atoms with Crippen molar-refractivity contribution in [1.29, 1.82) is 0 Å². The third kappa shape index (κ3) is 4.35. The number of sulfone groups is 1. The maximum Gasteiger partial charge on any atom is 0.371 e. The summed E-state index contributed by atoms with van der Waals surface area (Å²) >= 11 is 0. The molecule has 0 aromatic carbocycles. The largest absolute Gasteiger partial charge is 0.475 e. The molecule has 0 bridgehead atoms. The van der Waals surface area contributed by atoms with E-state index in [0.717, 1.165) is 12.1 Å². The summed E-state index contributed by atoms with van der Waals surface area (Å²) in [5.74, 6) is -3.43. The van der Waals surface area contributed by atoms with Crippen molar-refractivity contribution in [2.24, 2.45) is 0 Å². The molecule has 0 aliphatic rings. The van der Waals surface area contributed by atoms with E-state index in [-0.39, 0.29) is 12.6 Å². The second kappa shape index (κ2) is 6.53. The number of carbonyl (C=O) groups excluding carboxylic acids is 1. The van der Waals surface area contributed by atoms with Gasteiger partial charge in [-0.2, -0.15) is 0 Å². The molecular formula is C11H15NO7S. The van der Waals surface area contributed by atoms with Crippen molar-refractivity contribution in [2.45, 2.75) is 18.1 Å². The molecule has 1 unspecified atom stereocenters. The van der Waals surface area contributed by atoms with Gasteiger partial charge in [-0.3, -0.25) is 4.79 Å². The Balaban J connectivity index is 2.74. The fraction of sp³-hybridized carbons (Fsp3) is 0.455. The first kappa shape index (κ1) is 16.2. The van der Waals surface area contributed by atoms with Crippen LogP contribution in [-0.4, -0.2) is 50.9 Å². The minimum atomic E-state index is -4.02. The number of hydrogen-bond donors (Lipinski definition) is 2. The van der Waals surface area contributed by atoms with Gasteiger partial charge in [0.1, 0.15) is 5.75 Å². The Morgan fingerprint density at radius 3 is 2.60 bits per heavy atom. The highest BCUT2D eigenvalue weighted by Crippen LogP contribution is 2.15. The summed E-state index contributed by atoms with van der Waals surface area (Å²) in [5, 5.41) is 10.5. The molecule has 0 aliphatic heterocycles. The van der Waals surface area contributed by atoms with Crippen LogP contribution in [0.25, 0.3) is 0 Å². The number of hydrogen-bond acceptors (Lipinski definition) is 6. The molecule has 1 amide bonds. The smallest absolute Gasteiger partial charge is 0.371 e. The number of ether oxygens (including phenoxy) is 1. The van der Waals surface area contributed by atoms with Crippen LogP contribution in [0.1, 0.15) is 17.5 Å². The zero-order chi connectivity index (χ0) is 15.3. The van der Waals surface area contributed by atoms with Gasteiger partial charge in [-0.15, -0.1) is 0 Å². The Labute approximate surface area is 115 Å². The minimum absolute atomic E-state index is 0.246. The molecule has 112 valence electrons. The molecule has 1 atom stereocenters. The molecular weight excluding hydrogens is 290 g/mol. The molecule has 8 nitrogen and oxygen atoms in total. The van der Waals surface area contributed by atoms with Crippen LogP contribution in [0.3, 0.4) is 0 Å². The fourth-order valence-electron chi connectivity index (χ4n) is 1.45. The molecule has 1 heterocycles. The average Bonchev–Trinajstić information content (AvgIpc) is 2.77. The fourth-order valence-corrected chi connectivity index (χ4v) is 2.52. The molecule has 20 heavy (non-hydrogen) atoms. The first-order chi connectivity index (χ1) is 9.26. The number of nitrogens with one attached hydrogen (secondary N) is 1. The molecule has 0 saturated heterocycles. The lowest BCUT2D eigenvalue weighted by Crippen LogP contribution is -2.39. The van der Waals surface area contributed by atoms with E-state index in [4.69, 9.17) is 9.84 Å². The molecule has 9 heteroatoms. The molecule has 0 radical (unpaired) electrons. The average molecular weight is 305 g/mol. The number of carbonyl (C=O) groups is 2. The summed E-state index contributed by atoms with van der Waals surface area (Å²) in [7, 11) is -2.56. The second-order valence-corrected chi connectivity index (χ2v) is 6.03. The van der Waals surface area contributed by atoms with Crippen LogP contribution in [0, 0.1) is 0 Å². The van der Waals surface area contributed by atoms with Crippen molar-refractivity contribution in [3.05, 3.63) is 17.9 Å². The molecule has 1 aromatic heterocycles. The lowest BCUT2D eigenvalue weighted by molar-refractivity contribution is -0.119. The van der Waals surface area contributed by atoms with Gasteiger partial charge in [-0.05, 0) is 19.1 Å². The van der Waals surface area contributed by atoms with Crippen molar-refractivity contribution in [1.82, 2.24) is 5.32 Å². The summed E-state index contributed by atoms with van der Waals surface area (Å²) in [6.07, 6.45) is 0. The highest BCUT2D eigenvalue weighted by atomic mass is 32.2. The Morgan fingerprint density at radius 2 is 2.10 bits per heavy atom. The normalized spacial score (nSPS) is 12.9. The number of carboxylic acid groups (broad SMARTS) is 1. The van der Waals surface area contributed by atoms with Crippen LogP contribution in [0.5, 0.6) is 0 Å². The maximum absolute atomic E-state index is 11.8. The van der Waals surface area contributed by atoms with E-state index in [1.807, 2.05) is 0 Å². The third-order valence-corrected chi connectivity index (χ3v) is 3.72. The number of aromatic carboxylic acids is 1. The van der Waals surface area contributed by atoms with Gasteiger partial charge in [0.15, 0.2) is 0 Å². The van der Waals surface area contributed by atoms with Gasteiger partial charge >= 0.3 is 5.97 Å². The number of carboxylic acids is 1. The van der Waals surface area contributed by atoms with Crippen molar-refractivity contribution < 1.29 is 32.3 Å². The standard InChI is InChI=1S/C11H15NO7S/c1-7(5-18-2)12-9(13)6-20(16,17)10-4-3-8(19-10)11(14)15/h3-4,7H,5-6H2,1-2H3,(H,12,13)(H,14,15). The van der Waals surface area contributed by atoms with Crippen LogP contribution < -0.4 is 5.32 Å². The van der Waals surface area contributed by atoms with Crippen molar-refractivity contribution in [3.8, 4) is 0 Å². The van der Waals surface area contributed by atoms with Crippen molar-refractivity contribution in [3.63, 3.8) is 0 Å². The lowest BCUT2D eigenvalue weighted by atomic mass is 10.3. The quantitative estimate of drug-likeness (QED) is 0.721. The van der Waals surface area contributed by atoms with Crippen LogP contribution in [0.4, 0.5) is 0 Å². The SMILES string of the molecule is COCC(C)NC(=O)CS(=O)(=O)c1ccc(C(=O)O)o1. The van der Waals surface area contributed by atoms with Crippen molar-refractivity contribution in [2.75, 3.05) is 19.5 Å². The van der Waals surface area contributed by atoms with Crippen LogP contribution in [0.15, 0.2) is 21.6 Å². The molecule has 0 saturated carbocycles.